The fraction of sp³-hybridized carbons (Fsp3) is 0.286. The summed E-state index contributed by atoms with van der Waals surface area (Å²) >= 11 is 6.21. The van der Waals surface area contributed by atoms with Crippen LogP contribution in [0.1, 0.15) is 36.2 Å². The highest BCUT2D eigenvalue weighted by atomic mass is 35.5. The zero-order chi connectivity index (χ0) is 20.1. The van der Waals surface area contributed by atoms with Crippen molar-refractivity contribution in [2.45, 2.75) is 19.4 Å². The molecule has 2 aromatic rings. The molecule has 1 aromatic heterocycles. The van der Waals surface area contributed by atoms with Crippen LogP contribution in [0.15, 0.2) is 43.2 Å². The van der Waals surface area contributed by atoms with Crippen molar-refractivity contribution in [3.05, 3.63) is 65.1 Å². The molecule has 1 atom stereocenters. The summed E-state index contributed by atoms with van der Waals surface area (Å²) in [7, 11) is 0. The average molecular weight is 398 g/mol. The number of allylic oxidation sites excluding steroid dienone is 1. The van der Waals surface area contributed by atoms with Crippen molar-refractivity contribution in [2.24, 2.45) is 5.73 Å². The van der Waals surface area contributed by atoms with E-state index in [4.69, 9.17) is 17.3 Å². The van der Waals surface area contributed by atoms with Gasteiger partial charge in [0.1, 0.15) is 12.1 Å². The number of hydrogen-bond donors (Lipinski definition) is 2. The Bertz CT molecular complexity index is 907. The second kappa shape index (κ2) is 8.99. The third kappa shape index (κ3) is 4.40. The van der Waals surface area contributed by atoms with E-state index in [0.29, 0.717) is 27.7 Å². The van der Waals surface area contributed by atoms with Crippen LogP contribution in [0.4, 0.5) is 5.82 Å². The number of nitrogens with zero attached hydrogens (tertiary/aromatic N) is 3. The Kier molecular flexibility index (Phi) is 6.44. The van der Waals surface area contributed by atoms with Crippen LogP contribution in [-0.4, -0.2) is 40.4 Å². The first-order valence-corrected chi connectivity index (χ1v) is 9.59. The predicted octanol–water partition coefficient (Wildman–Crippen LogP) is 3.52. The van der Waals surface area contributed by atoms with Crippen molar-refractivity contribution in [1.82, 2.24) is 14.9 Å². The van der Waals surface area contributed by atoms with Crippen LogP contribution in [0.5, 0.6) is 0 Å². The SMILES string of the molecule is C=Cc1c(NC(CN2CCC2)c2cccc(Cl)c2)ncnc1/C(=C\C)C(N)=O. The van der Waals surface area contributed by atoms with Crippen LogP contribution in [-0.2, 0) is 4.79 Å². The normalized spacial score (nSPS) is 15.6. The number of halogens is 1. The first kappa shape index (κ1) is 20.0. The smallest absolute Gasteiger partial charge is 0.250 e. The lowest BCUT2D eigenvalue weighted by atomic mass is 10.0. The van der Waals surface area contributed by atoms with Gasteiger partial charge in [-0.3, -0.25) is 4.79 Å². The molecule has 0 radical (unpaired) electrons. The molecular formula is C21H24ClN5O. The van der Waals surface area contributed by atoms with E-state index in [-0.39, 0.29) is 6.04 Å². The highest BCUT2D eigenvalue weighted by Crippen LogP contribution is 2.29. The van der Waals surface area contributed by atoms with Crippen molar-refractivity contribution >= 4 is 35.0 Å². The van der Waals surface area contributed by atoms with E-state index in [1.165, 1.54) is 12.7 Å². The van der Waals surface area contributed by atoms with Gasteiger partial charge in [0.25, 0.3) is 5.91 Å². The molecule has 1 saturated heterocycles. The van der Waals surface area contributed by atoms with Crippen LogP contribution in [0.3, 0.4) is 0 Å². The maximum absolute atomic E-state index is 11.8. The standard InChI is InChI=1S/C21H24ClN5O/c1-3-16(20(23)28)19-17(4-2)21(25-13-24-19)26-18(12-27-9-6-10-27)14-7-5-8-15(22)11-14/h3-5,7-8,11,13,18H,2,6,9-10,12H2,1H3,(H2,23,28)(H,24,25,26)/b16-3+. The molecule has 1 aliphatic heterocycles. The molecule has 0 bridgehead atoms. The molecule has 0 saturated carbocycles. The predicted molar refractivity (Wildman–Crippen MR) is 114 cm³/mol. The van der Waals surface area contributed by atoms with E-state index in [9.17, 15) is 4.79 Å². The van der Waals surface area contributed by atoms with Crippen LogP contribution in [0, 0.1) is 0 Å². The minimum absolute atomic E-state index is 0.0249. The third-order valence-electron chi connectivity index (χ3n) is 4.85. The minimum atomic E-state index is -0.540. The number of likely N-dealkylation sites (tertiary alicyclic amines) is 1. The van der Waals surface area contributed by atoms with Crippen molar-refractivity contribution in [3.8, 4) is 0 Å². The van der Waals surface area contributed by atoms with Gasteiger partial charge < -0.3 is 16.0 Å². The van der Waals surface area contributed by atoms with Gasteiger partial charge in [0.2, 0.25) is 0 Å². The summed E-state index contributed by atoms with van der Waals surface area (Å²) in [5, 5.41) is 4.18. The molecular weight excluding hydrogens is 374 g/mol. The number of carbonyl (C=O) groups is 1. The highest BCUT2D eigenvalue weighted by molar-refractivity contribution is 6.30. The summed E-state index contributed by atoms with van der Waals surface area (Å²) in [5.74, 6) is 0.0633. The van der Waals surface area contributed by atoms with Gasteiger partial charge in [-0.1, -0.05) is 42.5 Å². The molecule has 1 aromatic carbocycles. The van der Waals surface area contributed by atoms with Gasteiger partial charge in [-0.2, -0.15) is 0 Å². The summed E-state index contributed by atoms with van der Waals surface area (Å²) in [5.41, 5.74) is 8.02. The molecule has 7 heteroatoms. The number of carbonyl (C=O) groups excluding carboxylic acids is 1. The summed E-state index contributed by atoms with van der Waals surface area (Å²) in [6.07, 6.45) is 5.93. The summed E-state index contributed by atoms with van der Waals surface area (Å²) in [6.45, 7) is 8.60. The van der Waals surface area contributed by atoms with Gasteiger partial charge in [0.15, 0.2) is 0 Å². The van der Waals surface area contributed by atoms with Crippen LogP contribution in [0.25, 0.3) is 11.6 Å². The van der Waals surface area contributed by atoms with Crippen molar-refractivity contribution in [3.63, 3.8) is 0 Å². The van der Waals surface area contributed by atoms with E-state index >= 15 is 0 Å². The molecule has 1 unspecified atom stereocenters. The summed E-state index contributed by atoms with van der Waals surface area (Å²) in [4.78, 5) is 22.8. The fourth-order valence-corrected chi connectivity index (χ4v) is 3.46. The van der Waals surface area contributed by atoms with Crippen LogP contribution in [0.2, 0.25) is 5.02 Å². The Morgan fingerprint density at radius 1 is 1.43 bits per heavy atom. The molecule has 3 N–H and O–H groups in total. The Balaban J connectivity index is 1.98. The van der Waals surface area contributed by atoms with E-state index in [1.54, 1.807) is 19.1 Å². The Labute approximate surface area is 170 Å². The van der Waals surface area contributed by atoms with Crippen LogP contribution >= 0.6 is 11.6 Å². The summed E-state index contributed by atoms with van der Waals surface area (Å²) < 4.78 is 0. The number of rotatable bonds is 8. The number of benzene rings is 1. The van der Waals surface area contributed by atoms with Gasteiger partial charge in [-0.25, -0.2) is 9.97 Å². The van der Waals surface area contributed by atoms with Crippen molar-refractivity contribution in [2.75, 3.05) is 25.0 Å². The number of anilines is 1. The molecule has 6 nitrogen and oxygen atoms in total. The minimum Gasteiger partial charge on any atom is -0.366 e. The highest BCUT2D eigenvalue weighted by Gasteiger charge is 2.23. The largest absolute Gasteiger partial charge is 0.366 e. The lowest BCUT2D eigenvalue weighted by Crippen LogP contribution is -2.41. The van der Waals surface area contributed by atoms with Gasteiger partial charge in [-0.15, -0.1) is 0 Å². The van der Waals surface area contributed by atoms with Gasteiger partial charge in [0, 0.05) is 17.1 Å². The lowest BCUT2D eigenvalue weighted by molar-refractivity contribution is -0.112. The van der Waals surface area contributed by atoms with Gasteiger partial charge >= 0.3 is 0 Å². The second-order valence-electron chi connectivity index (χ2n) is 6.66. The molecule has 0 aliphatic carbocycles. The maximum Gasteiger partial charge on any atom is 0.250 e. The van der Waals surface area contributed by atoms with E-state index in [0.717, 1.165) is 25.2 Å². The van der Waals surface area contributed by atoms with Gasteiger partial charge in [0.05, 0.1) is 17.3 Å². The maximum atomic E-state index is 11.8. The number of hydrogen-bond acceptors (Lipinski definition) is 5. The van der Waals surface area contributed by atoms with Crippen LogP contribution < -0.4 is 11.1 Å². The zero-order valence-corrected chi connectivity index (χ0v) is 16.6. The number of amides is 1. The first-order chi connectivity index (χ1) is 13.5. The van der Waals surface area contributed by atoms with E-state index < -0.39 is 5.91 Å². The Hall–Kier alpha value is -2.70. The van der Waals surface area contributed by atoms with E-state index in [1.807, 2.05) is 24.3 Å². The quantitative estimate of drug-likeness (QED) is 0.666. The second-order valence-corrected chi connectivity index (χ2v) is 7.10. The number of primary amides is 1. The molecule has 1 amide bonds. The first-order valence-electron chi connectivity index (χ1n) is 9.21. The van der Waals surface area contributed by atoms with E-state index in [2.05, 4.69) is 26.8 Å². The van der Waals surface area contributed by atoms with Crippen molar-refractivity contribution in [1.29, 1.82) is 0 Å². The topological polar surface area (TPSA) is 84.1 Å². The molecule has 2 heterocycles. The number of nitrogens with two attached hydrogens (primary N) is 1. The molecule has 1 fully saturated rings. The zero-order valence-electron chi connectivity index (χ0n) is 15.9. The van der Waals surface area contributed by atoms with Crippen molar-refractivity contribution < 1.29 is 4.79 Å². The lowest BCUT2D eigenvalue weighted by Gasteiger charge is -2.35. The molecule has 0 spiro atoms. The summed E-state index contributed by atoms with van der Waals surface area (Å²) in [6, 6.07) is 7.76. The monoisotopic (exact) mass is 397 g/mol. The molecule has 3 rings (SSSR count). The third-order valence-corrected chi connectivity index (χ3v) is 5.08. The molecule has 146 valence electrons. The average Bonchev–Trinajstić information content (AvgIpc) is 2.64. The molecule has 1 aliphatic rings. The number of nitrogens with one attached hydrogen (secondary N) is 1. The Morgan fingerprint density at radius 2 is 2.21 bits per heavy atom. The fourth-order valence-electron chi connectivity index (χ4n) is 3.26. The number of aromatic nitrogens is 2. The Morgan fingerprint density at radius 3 is 2.79 bits per heavy atom. The molecule has 28 heavy (non-hydrogen) atoms. The van der Waals surface area contributed by atoms with Gasteiger partial charge in [-0.05, 0) is 44.1 Å².